The molecule has 1 aliphatic carbocycles. The molecule has 3 atom stereocenters. The second-order valence-corrected chi connectivity index (χ2v) is 7.17. The van der Waals surface area contributed by atoms with Crippen LogP contribution in [0.4, 0.5) is 4.79 Å². The van der Waals surface area contributed by atoms with Crippen LogP contribution in [-0.2, 0) is 11.2 Å². The van der Waals surface area contributed by atoms with Gasteiger partial charge in [0, 0.05) is 6.04 Å². The van der Waals surface area contributed by atoms with Crippen LogP contribution in [0.3, 0.4) is 0 Å². The predicted molar refractivity (Wildman–Crippen MR) is 86.7 cm³/mol. The van der Waals surface area contributed by atoms with Crippen molar-refractivity contribution in [2.75, 3.05) is 0 Å². The highest BCUT2D eigenvalue weighted by molar-refractivity contribution is 5.68. The van der Waals surface area contributed by atoms with E-state index in [1.165, 1.54) is 5.56 Å². The summed E-state index contributed by atoms with van der Waals surface area (Å²) in [5, 5.41) is 13.2. The Morgan fingerprint density at radius 3 is 2.59 bits per heavy atom. The number of hydrogen-bond acceptors (Lipinski definition) is 3. The van der Waals surface area contributed by atoms with Gasteiger partial charge in [0.2, 0.25) is 0 Å². The SMILES string of the molecule is CC(C)(C)OC(=O)N[C@@H]1CC[C@H](O)[C@@H](Cc2ccccc2)C1. The fourth-order valence-corrected chi connectivity index (χ4v) is 2.99. The van der Waals surface area contributed by atoms with Crippen molar-refractivity contribution in [2.24, 2.45) is 5.92 Å². The topological polar surface area (TPSA) is 58.6 Å². The third-order valence-electron chi connectivity index (χ3n) is 4.00. The van der Waals surface area contributed by atoms with Crippen molar-refractivity contribution < 1.29 is 14.6 Å². The van der Waals surface area contributed by atoms with Gasteiger partial charge < -0.3 is 15.2 Å². The van der Waals surface area contributed by atoms with Crippen molar-refractivity contribution in [2.45, 2.75) is 64.2 Å². The summed E-state index contributed by atoms with van der Waals surface area (Å²) in [7, 11) is 0. The second-order valence-electron chi connectivity index (χ2n) is 7.17. The highest BCUT2D eigenvalue weighted by Gasteiger charge is 2.31. The van der Waals surface area contributed by atoms with Crippen LogP contribution < -0.4 is 5.32 Å². The second kappa shape index (κ2) is 7.14. The van der Waals surface area contributed by atoms with E-state index < -0.39 is 5.60 Å². The molecule has 1 aliphatic rings. The Hall–Kier alpha value is -1.55. The third kappa shape index (κ3) is 5.34. The van der Waals surface area contributed by atoms with Crippen molar-refractivity contribution in [3.05, 3.63) is 35.9 Å². The lowest BCUT2D eigenvalue weighted by atomic mass is 9.80. The van der Waals surface area contributed by atoms with Crippen molar-refractivity contribution in [3.63, 3.8) is 0 Å². The fourth-order valence-electron chi connectivity index (χ4n) is 2.99. The number of benzene rings is 1. The van der Waals surface area contributed by atoms with Crippen molar-refractivity contribution >= 4 is 6.09 Å². The van der Waals surface area contributed by atoms with E-state index in [1.54, 1.807) is 0 Å². The number of amides is 1. The summed E-state index contributed by atoms with van der Waals surface area (Å²) in [6, 6.07) is 10.3. The maximum Gasteiger partial charge on any atom is 0.407 e. The Kier molecular flexibility index (Phi) is 5.46. The van der Waals surface area contributed by atoms with Gasteiger partial charge in [-0.05, 0) is 57.9 Å². The molecule has 2 N–H and O–H groups in total. The Bertz CT molecular complexity index is 481. The summed E-state index contributed by atoms with van der Waals surface area (Å²) >= 11 is 0. The molecule has 4 heteroatoms. The van der Waals surface area contributed by atoms with E-state index in [0.29, 0.717) is 0 Å². The molecule has 0 aromatic heterocycles. The molecule has 0 aliphatic heterocycles. The molecule has 4 nitrogen and oxygen atoms in total. The highest BCUT2D eigenvalue weighted by atomic mass is 16.6. The van der Waals surface area contributed by atoms with Gasteiger partial charge in [-0.1, -0.05) is 30.3 Å². The van der Waals surface area contributed by atoms with Gasteiger partial charge in [0.05, 0.1) is 6.10 Å². The number of alkyl carbamates (subject to hydrolysis) is 1. The lowest BCUT2D eigenvalue weighted by Gasteiger charge is -2.34. The summed E-state index contributed by atoms with van der Waals surface area (Å²) in [6.45, 7) is 5.57. The molecule has 1 aromatic rings. The van der Waals surface area contributed by atoms with Crippen LogP contribution in [-0.4, -0.2) is 28.9 Å². The van der Waals surface area contributed by atoms with Gasteiger partial charge >= 0.3 is 6.09 Å². The highest BCUT2D eigenvalue weighted by Crippen LogP contribution is 2.28. The van der Waals surface area contributed by atoms with E-state index in [9.17, 15) is 9.90 Å². The van der Waals surface area contributed by atoms with E-state index in [1.807, 2.05) is 39.0 Å². The maximum atomic E-state index is 11.9. The van der Waals surface area contributed by atoms with E-state index in [0.717, 1.165) is 25.7 Å². The summed E-state index contributed by atoms with van der Waals surface area (Å²) in [4.78, 5) is 11.9. The van der Waals surface area contributed by atoms with Crippen LogP contribution >= 0.6 is 0 Å². The van der Waals surface area contributed by atoms with Gasteiger partial charge in [-0.25, -0.2) is 4.79 Å². The zero-order chi connectivity index (χ0) is 16.2. The average molecular weight is 305 g/mol. The molecule has 0 bridgehead atoms. The molecule has 0 spiro atoms. The largest absolute Gasteiger partial charge is 0.444 e. The number of aliphatic hydroxyl groups excluding tert-OH is 1. The zero-order valence-corrected chi connectivity index (χ0v) is 13.7. The first-order chi connectivity index (χ1) is 10.3. The number of carbonyl (C=O) groups is 1. The number of rotatable bonds is 3. The summed E-state index contributed by atoms with van der Waals surface area (Å²) in [6.07, 6.45) is 2.48. The molecular formula is C18H27NO3. The Morgan fingerprint density at radius 2 is 1.95 bits per heavy atom. The van der Waals surface area contributed by atoms with Gasteiger partial charge in [0.25, 0.3) is 0 Å². The van der Waals surface area contributed by atoms with Crippen LogP contribution in [0.25, 0.3) is 0 Å². The van der Waals surface area contributed by atoms with Gasteiger partial charge in [0.1, 0.15) is 5.60 Å². The van der Waals surface area contributed by atoms with Crippen molar-refractivity contribution in [3.8, 4) is 0 Å². The standard InChI is InChI=1S/C18H27NO3/c1-18(2,3)22-17(21)19-15-9-10-16(20)14(12-15)11-13-7-5-4-6-8-13/h4-8,14-16,20H,9-12H2,1-3H3,(H,19,21)/t14-,15+,16-/m0/s1. The molecule has 0 radical (unpaired) electrons. The molecular weight excluding hydrogens is 278 g/mol. The van der Waals surface area contributed by atoms with Gasteiger partial charge in [0.15, 0.2) is 0 Å². The normalized spacial score (nSPS) is 25.5. The molecule has 0 heterocycles. The number of hydrogen-bond donors (Lipinski definition) is 2. The molecule has 1 fully saturated rings. The van der Waals surface area contributed by atoms with Crippen molar-refractivity contribution in [1.82, 2.24) is 5.32 Å². The first kappa shape index (κ1) is 16.8. The van der Waals surface area contributed by atoms with Crippen LogP contribution in [0.5, 0.6) is 0 Å². The minimum Gasteiger partial charge on any atom is -0.444 e. The lowest BCUT2D eigenvalue weighted by molar-refractivity contribution is 0.0351. The minimum absolute atomic E-state index is 0.0759. The van der Waals surface area contributed by atoms with Gasteiger partial charge in [-0.2, -0.15) is 0 Å². The number of nitrogens with one attached hydrogen (secondary N) is 1. The molecule has 1 amide bonds. The molecule has 0 unspecified atom stereocenters. The third-order valence-corrected chi connectivity index (χ3v) is 4.00. The van der Waals surface area contributed by atoms with E-state index in [4.69, 9.17) is 4.74 Å². The predicted octanol–water partition coefficient (Wildman–Crippen LogP) is 3.28. The van der Waals surface area contributed by atoms with Crippen molar-refractivity contribution in [1.29, 1.82) is 0 Å². The van der Waals surface area contributed by atoms with Crippen LogP contribution in [0, 0.1) is 5.92 Å². The van der Waals surface area contributed by atoms with E-state index in [2.05, 4.69) is 17.4 Å². The monoisotopic (exact) mass is 305 g/mol. The van der Waals surface area contributed by atoms with Gasteiger partial charge in [-0.15, -0.1) is 0 Å². The Labute approximate surface area is 132 Å². The first-order valence-corrected chi connectivity index (χ1v) is 8.05. The van der Waals surface area contributed by atoms with Crippen LogP contribution in [0.2, 0.25) is 0 Å². The fraction of sp³-hybridized carbons (Fsp3) is 0.611. The quantitative estimate of drug-likeness (QED) is 0.901. The minimum atomic E-state index is -0.484. The zero-order valence-electron chi connectivity index (χ0n) is 13.7. The van der Waals surface area contributed by atoms with E-state index >= 15 is 0 Å². The summed E-state index contributed by atoms with van der Waals surface area (Å²) in [5.41, 5.74) is 0.742. The summed E-state index contributed by atoms with van der Waals surface area (Å²) < 4.78 is 5.31. The number of aliphatic hydroxyl groups is 1. The molecule has 122 valence electrons. The number of ether oxygens (including phenoxy) is 1. The first-order valence-electron chi connectivity index (χ1n) is 8.05. The van der Waals surface area contributed by atoms with Crippen LogP contribution in [0.1, 0.15) is 45.6 Å². The average Bonchev–Trinajstić information content (AvgIpc) is 2.41. The van der Waals surface area contributed by atoms with Crippen LogP contribution in [0.15, 0.2) is 30.3 Å². The number of carbonyl (C=O) groups excluding carboxylic acids is 1. The molecule has 0 saturated heterocycles. The Balaban J connectivity index is 1.89. The molecule has 1 saturated carbocycles. The molecule has 22 heavy (non-hydrogen) atoms. The smallest absolute Gasteiger partial charge is 0.407 e. The molecule has 2 rings (SSSR count). The maximum absolute atomic E-state index is 11.9. The lowest BCUT2D eigenvalue weighted by Crippen LogP contribution is -2.44. The van der Waals surface area contributed by atoms with E-state index in [-0.39, 0.29) is 24.2 Å². The molecule has 1 aromatic carbocycles. The summed E-state index contributed by atoms with van der Waals surface area (Å²) in [5.74, 6) is 0.177. The van der Waals surface area contributed by atoms with Gasteiger partial charge in [-0.3, -0.25) is 0 Å². The Morgan fingerprint density at radius 1 is 1.27 bits per heavy atom.